The van der Waals surface area contributed by atoms with Gasteiger partial charge >= 0.3 is 124 Å². The average Bonchev–Trinajstić information content (AvgIpc) is 0. The molecule has 0 aliphatic carbocycles. The molecule has 0 aliphatic rings. The van der Waals surface area contributed by atoms with Crippen molar-refractivity contribution >= 4 is 142 Å². The summed E-state index contributed by atoms with van der Waals surface area (Å²) in [5.74, 6) is 0. The van der Waals surface area contributed by atoms with Gasteiger partial charge in [-0.25, -0.2) is 0 Å². The predicted octanol–water partition coefficient (Wildman–Crippen LogP) is -1.66. The first-order valence-corrected chi connectivity index (χ1v) is 0. The first-order valence-electron chi connectivity index (χ1n) is 0. The molecule has 6 heteroatoms. The van der Waals surface area contributed by atoms with Gasteiger partial charge in [0.1, 0.15) is 0 Å². The molecule has 0 atom stereocenters. The van der Waals surface area contributed by atoms with Gasteiger partial charge in [0, 0.05) is 34.1 Å². The van der Waals surface area contributed by atoms with Gasteiger partial charge in [-0.3, -0.25) is 0 Å². The molecule has 0 aromatic heterocycles. The molecule has 0 unspecified atom stereocenters. The van der Waals surface area contributed by atoms with Gasteiger partial charge in [0.05, 0.1) is 0 Å². The van der Waals surface area contributed by atoms with Crippen molar-refractivity contribution in [3.05, 3.63) is 0 Å². The van der Waals surface area contributed by atoms with E-state index in [0.717, 1.165) is 0 Å². The minimum absolute atomic E-state index is 0. The van der Waals surface area contributed by atoms with Crippen LogP contribution in [-0.2, 0) is 34.1 Å². The van der Waals surface area contributed by atoms with E-state index >= 15 is 0 Å². The molecule has 0 spiro atoms. The summed E-state index contributed by atoms with van der Waals surface area (Å²) in [6, 6.07) is 0. The minimum Gasteiger partial charge on any atom is -1.00 e. The van der Waals surface area contributed by atoms with E-state index in [4.69, 9.17) is 0 Å². The van der Waals surface area contributed by atoms with E-state index < -0.39 is 0 Å². The van der Waals surface area contributed by atoms with Crippen molar-refractivity contribution in [3.8, 4) is 0 Å². The standard InChI is InChI=1S/Al.Ba.2Ca.Fe.Mn.9H/q;3*+2;;;;;;6*-1. The third kappa shape index (κ3) is 22.6. The van der Waals surface area contributed by atoms with Crippen LogP contribution in [0.25, 0.3) is 0 Å². The van der Waals surface area contributed by atoms with Crippen LogP contribution in [0.2, 0.25) is 0 Å². The molecule has 0 heterocycles. The van der Waals surface area contributed by atoms with Gasteiger partial charge in [0.2, 0.25) is 0 Å². The number of hydrogen-bond acceptors (Lipinski definition) is 0. The maximum atomic E-state index is 0. The SMILES string of the molecule is [AlH3].[Ba+2].[Ca+2].[Ca+2].[Fe].[H-].[H-].[H-].[H-].[H-].[H-].[Mn]. The molecule has 33 valence electrons. The van der Waals surface area contributed by atoms with Crippen molar-refractivity contribution in [2.75, 3.05) is 0 Å². The summed E-state index contributed by atoms with van der Waals surface area (Å²) in [6.45, 7) is 0. The van der Waals surface area contributed by atoms with Crippen LogP contribution in [0.5, 0.6) is 0 Å². The summed E-state index contributed by atoms with van der Waals surface area (Å²) >= 11 is 0. The second-order valence-electron chi connectivity index (χ2n) is 0. The van der Waals surface area contributed by atoms with E-state index in [9.17, 15) is 0 Å². The summed E-state index contributed by atoms with van der Waals surface area (Å²) in [5, 5.41) is 0. The Kier molecular flexibility index (Phi) is 214. The molecule has 0 saturated carbocycles. The van der Waals surface area contributed by atoms with Gasteiger partial charge < -0.3 is 8.56 Å². The Morgan fingerprint density at radius 2 is 1.00 bits per heavy atom. The van der Waals surface area contributed by atoms with Crippen molar-refractivity contribution in [1.82, 2.24) is 0 Å². The molecule has 0 fully saturated rings. The van der Waals surface area contributed by atoms with Crippen LogP contribution < -0.4 is 0 Å². The van der Waals surface area contributed by atoms with Crippen LogP contribution in [-0.4, -0.2) is 142 Å². The van der Waals surface area contributed by atoms with E-state index in [1.165, 1.54) is 0 Å². The molecule has 0 saturated heterocycles. The summed E-state index contributed by atoms with van der Waals surface area (Å²) in [4.78, 5) is 0. The van der Waals surface area contributed by atoms with Crippen molar-refractivity contribution < 1.29 is 42.7 Å². The number of rotatable bonds is 0. The van der Waals surface area contributed by atoms with Crippen LogP contribution in [0.4, 0.5) is 0 Å². The smallest absolute Gasteiger partial charge is 1.00 e. The van der Waals surface area contributed by atoms with E-state index in [1.807, 2.05) is 0 Å². The maximum absolute atomic E-state index is 0. The summed E-state index contributed by atoms with van der Waals surface area (Å²) in [5.41, 5.74) is 0. The van der Waals surface area contributed by atoms with Crippen molar-refractivity contribution in [2.45, 2.75) is 0 Å². The van der Waals surface area contributed by atoms with Gasteiger partial charge in [0.25, 0.3) is 0 Å². The van der Waals surface area contributed by atoms with Gasteiger partial charge in [-0.2, -0.15) is 0 Å². The molecule has 0 bridgehead atoms. The van der Waals surface area contributed by atoms with Crippen molar-refractivity contribution in [3.63, 3.8) is 0 Å². The Bertz CT molecular complexity index is 25.5. The Balaban J connectivity index is 0. The van der Waals surface area contributed by atoms with E-state index in [2.05, 4.69) is 0 Å². The Morgan fingerprint density at radius 1 is 1.00 bits per heavy atom. The molecule has 0 N–H and O–H groups in total. The third-order valence-corrected chi connectivity index (χ3v) is 0. The zero-order valence-electron chi connectivity index (χ0n) is 8.85. The average molecular weight is 364 g/mol. The van der Waals surface area contributed by atoms with Crippen LogP contribution in [0.3, 0.4) is 0 Å². The maximum Gasteiger partial charge on any atom is 2.00 e. The fraction of sp³-hybridized carbons (Fsp3) is 0. The Morgan fingerprint density at radius 3 is 1.00 bits per heavy atom. The zero-order valence-corrected chi connectivity index (χ0v) is 14.0. The second kappa shape index (κ2) is 31.0. The first kappa shape index (κ1) is 41.4. The van der Waals surface area contributed by atoms with E-state index in [1.54, 1.807) is 0 Å². The summed E-state index contributed by atoms with van der Waals surface area (Å²) in [7, 11) is 0. The molecule has 0 nitrogen and oxygen atoms in total. The van der Waals surface area contributed by atoms with Gasteiger partial charge in [-0.15, -0.1) is 0 Å². The van der Waals surface area contributed by atoms with Crippen LogP contribution >= 0.6 is 0 Å². The van der Waals surface area contributed by atoms with E-state index in [-0.39, 0.29) is 184 Å². The van der Waals surface area contributed by atoms with E-state index in [0.29, 0.717) is 0 Å². The molecule has 1 radical (unpaired) electrons. The Labute approximate surface area is 179 Å². The predicted molar refractivity (Wildman–Crippen MR) is 33.9 cm³/mol. The van der Waals surface area contributed by atoms with Gasteiger partial charge in [-0.1, -0.05) is 0 Å². The molecule has 0 aromatic carbocycles. The van der Waals surface area contributed by atoms with Gasteiger partial charge in [0.15, 0.2) is 17.4 Å². The monoisotopic (exact) mass is 365 g/mol. The van der Waals surface area contributed by atoms with Crippen molar-refractivity contribution in [1.29, 1.82) is 0 Å². The molecule has 0 rings (SSSR count). The summed E-state index contributed by atoms with van der Waals surface area (Å²) < 4.78 is 0. The molecule has 0 aromatic rings. The largest absolute Gasteiger partial charge is 2.00 e. The quantitative estimate of drug-likeness (QED) is 0.452. The van der Waals surface area contributed by atoms with Crippen LogP contribution in [0.1, 0.15) is 8.56 Å². The second-order valence-corrected chi connectivity index (χ2v) is 0. The zero-order chi connectivity index (χ0) is 0. The Hall–Kier alpha value is 5.66. The molecular formula is H9AlBaCa2FeMn. The molecular weight excluding hydrogens is 355 g/mol. The molecule has 6 heavy (non-hydrogen) atoms. The fourth-order valence-corrected chi connectivity index (χ4v) is 0. The van der Waals surface area contributed by atoms with Crippen LogP contribution in [0, 0.1) is 0 Å². The number of hydrogen-bond donors (Lipinski definition) is 0. The van der Waals surface area contributed by atoms with Gasteiger partial charge in [-0.05, 0) is 0 Å². The fourth-order valence-electron chi connectivity index (χ4n) is 0. The topological polar surface area (TPSA) is 0 Å². The first-order chi connectivity index (χ1) is 0. The third-order valence-electron chi connectivity index (χ3n) is 0. The minimum atomic E-state index is 0. The normalized spacial score (nSPS) is 0. The molecule has 0 aliphatic heterocycles. The van der Waals surface area contributed by atoms with Crippen LogP contribution in [0.15, 0.2) is 0 Å². The summed E-state index contributed by atoms with van der Waals surface area (Å²) in [6.07, 6.45) is 0. The molecule has 0 amide bonds. The van der Waals surface area contributed by atoms with Crippen molar-refractivity contribution in [2.24, 2.45) is 0 Å².